The van der Waals surface area contributed by atoms with Gasteiger partial charge in [0.05, 0.1) is 11.2 Å². The largest absolute Gasteiger partial charge is 0.359 e. The number of hydrogen-bond donors (Lipinski definition) is 1. The molecule has 148 valence electrons. The molecule has 0 aliphatic heterocycles. The highest BCUT2D eigenvalue weighted by atomic mass is 16.2. The third-order valence-corrected chi connectivity index (χ3v) is 5.22. The van der Waals surface area contributed by atoms with Gasteiger partial charge in [-0.3, -0.25) is 4.98 Å². The highest BCUT2D eigenvalue weighted by molar-refractivity contribution is 5.91. The van der Waals surface area contributed by atoms with E-state index in [9.17, 15) is 9.59 Å². The smallest absolute Gasteiger partial charge is 0.306 e. The van der Waals surface area contributed by atoms with E-state index in [4.69, 9.17) is 0 Å². The number of aromatic amines is 1. The third-order valence-electron chi connectivity index (χ3n) is 5.22. The van der Waals surface area contributed by atoms with E-state index < -0.39 is 11.4 Å². The Morgan fingerprint density at radius 2 is 1.80 bits per heavy atom. The van der Waals surface area contributed by atoms with Gasteiger partial charge in [0.15, 0.2) is 5.65 Å². The van der Waals surface area contributed by atoms with Gasteiger partial charge in [0.1, 0.15) is 0 Å². The Kier molecular flexibility index (Phi) is 4.28. The molecule has 1 N–H and O–H groups in total. The zero-order valence-corrected chi connectivity index (χ0v) is 16.4. The van der Waals surface area contributed by atoms with Crippen LogP contribution in [0.2, 0.25) is 0 Å². The number of benzene rings is 2. The van der Waals surface area contributed by atoms with Crippen LogP contribution >= 0.6 is 0 Å². The van der Waals surface area contributed by atoms with Crippen LogP contribution < -0.4 is 11.4 Å². The van der Waals surface area contributed by atoms with Crippen molar-refractivity contribution in [2.24, 2.45) is 0 Å². The van der Waals surface area contributed by atoms with E-state index in [2.05, 4.69) is 15.1 Å². The monoisotopic (exact) mass is 397 g/mol. The summed E-state index contributed by atoms with van der Waals surface area (Å²) in [6, 6.07) is 19.1. The van der Waals surface area contributed by atoms with Gasteiger partial charge in [0, 0.05) is 17.3 Å². The fourth-order valence-corrected chi connectivity index (χ4v) is 3.61. The van der Waals surface area contributed by atoms with Gasteiger partial charge in [-0.15, -0.1) is 5.10 Å². The molecule has 0 aliphatic rings. The molecule has 5 rings (SSSR count). The number of nitrogens with zero attached hydrogens (tertiary/aromatic N) is 4. The standard InChI is InChI=1S/C23H19N5O2/c1-15-5-10-18(11-6-15)28-23(30)27-21(26-28)19-14-16(8-12-20(19)25-22(27)29)7-9-17-4-2-3-13-24-17/h2-6,8,10-14H,7,9H2,1H3,(H,25,29). The van der Waals surface area contributed by atoms with Gasteiger partial charge in [-0.1, -0.05) is 29.8 Å². The van der Waals surface area contributed by atoms with Crippen LogP contribution in [0.4, 0.5) is 0 Å². The van der Waals surface area contributed by atoms with Crippen molar-refractivity contribution in [3.05, 3.63) is 105 Å². The van der Waals surface area contributed by atoms with E-state index in [0.29, 0.717) is 16.9 Å². The molecule has 0 radical (unpaired) electrons. The number of rotatable bonds is 4. The van der Waals surface area contributed by atoms with Gasteiger partial charge in [-0.05, 0) is 61.7 Å². The summed E-state index contributed by atoms with van der Waals surface area (Å²) in [6.07, 6.45) is 3.38. The van der Waals surface area contributed by atoms with Crippen LogP contribution in [0.25, 0.3) is 22.2 Å². The summed E-state index contributed by atoms with van der Waals surface area (Å²) in [4.78, 5) is 32.6. The van der Waals surface area contributed by atoms with Crippen molar-refractivity contribution in [3.8, 4) is 5.69 Å². The first-order valence-electron chi connectivity index (χ1n) is 9.74. The quantitative estimate of drug-likeness (QED) is 0.505. The van der Waals surface area contributed by atoms with Crippen LogP contribution in [0.3, 0.4) is 0 Å². The molecule has 0 saturated heterocycles. The van der Waals surface area contributed by atoms with E-state index >= 15 is 0 Å². The van der Waals surface area contributed by atoms with Gasteiger partial charge in [-0.25, -0.2) is 9.59 Å². The summed E-state index contributed by atoms with van der Waals surface area (Å²) in [6.45, 7) is 1.97. The molecule has 0 amide bonds. The number of nitrogens with one attached hydrogen (secondary N) is 1. The van der Waals surface area contributed by atoms with Gasteiger partial charge < -0.3 is 4.98 Å². The lowest BCUT2D eigenvalue weighted by atomic mass is 10.1. The lowest BCUT2D eigenvalue weighted by molar-refractivity contribution is 0.827. The molecule has 7 nitrogen and oxygen atoms in total. The van der Waals surface area contributed by atoms with Gasteiger partial charge in [-0.2, -0.15) is 9.08 Å². The van der Waals surface area contributed by atoms with Crippen LogP contribution in [0.5, 0.6) is 0 Å². The second-order valence-electron chi connectivity index (χ2n) is 7.32. The predicted octanol–water partition coefficient (Wildman–Crippen LogP) is 2.82. The first-order valence-corrected chi connectivity index (χ1v) is 9.74. The van der Waals surface area contributed by atoms with Crippen molar-refractivity contribution in [2.75, 3.05) is 0 Å². The fourth-order valence-electron chi connectivity index (χ4n) is 3.61. The second kappa shape index (κ2) is 7.11. The summed E-state index contributed by atoms with van der Waals surface area (Å²) < 4.78 is 2.36. The van der Waals surface area contributed by atoms with E-state index in [0.717, 1.165) is 39.4 Å². The number of hydrogen-bond acceptors (Lipinski definition) is 4. The minimum atomic E-state index is -0.498. The topological polar surface area (TPSA) is 85.1 Å². The first kappa shape index (κ1) is 18.1. The van der Waals surface area contributed by atoms with Crippen molar-refractivity contribution in [1.82, 2.24) is 24.1 Å². The maximum absolute atomic E-state index is 12.9. The summed E-state index contributed by atoms with van der Waals surface area (Å²) >= 11 is 0. The van der Waals surface area contributed by atoms with Crippen LogP contribution in [0.1, 0.15) is 16.8 Å². The van der Waals surface area contributed by atoms with Crippen molar-refractivity contribution < 1.29 is 0 Å². The maximum atomic E-state index is 12.9. The zero-order chi connectivity index (χ0) is 20.7. The molecule has 0 saturated carbocycles. The molecule has 2 aromatic carbocycles. The van der Waals surface area contributed by atoms with E-state index in [1.165, 1.54) is 4.68 Å². The molecule has 3 heterocycles. The molecule has 7 heteroatoms. The lowest BCUT2D eigenvalue weighted by Crippen LogP contribution is -2.29. The van der Waals surface area contributed by atoms with Crippen molar-refractivity contribution in [3.63, 3.8) is 0 Å². The number of pyridine rings is 1. The Balaban J connectivity index is 1.63. The van der Waals surface area contributed by atoms with Gasteiger partial charge >= 0.3 is 11.4 Å². The molecule has 0 aliphatic carbocycles. The number of aromatic nitrogens is 5. The van der Waals surface area contributed by atoms with Crippen LogP contribution in [-0.4, -0.2) is 24.1 Å². The first-order chi connectivity index (χ1) is 14.6. The van der Waals surface area contributed by atoms with Crippen LogP contribution in [0, 0.1) is 6.92 Å². The van der Waals surface area contributed by atoms with Crippen molar-refractivity contribution >= 4 is 16.6 Å². The molecule has 0 unspecified atom stereocenters. The highest BCUT2D eigenvalue weighted by Gasteiger charge is 2.15. The minimum Gasteiger partial charge on any atom is -0.306 e. The summed E-state index contributed by atoms with van der Waals surface area (Å²) in [5.74, 6) is 0. The van der Waals surface area contributed by atoms with Crippen molar-refractivity contribution in [2.45, 2.75) is 19.8 Å². The number of aryl methyl sites for hydroxylation is 3. The second-order valence-corrected chi connectivity index (χ2v) is 7.32. The summed E-state index contributed by atoms with van der Waals surface area (Å²) in [5.41, 5.74) is 3.81. The maximum Gasteiger partial charge on any atom is 0.359 e. The summed E-state index contributed by atoms with van der Waals surface area (Å²) in [5, 5.41) is 5.23. The van der Waals surface area contributed by atoms with Crippen molar-refractivity contribution in [1.29, 1.82) is 0 Å². The van der Waals surface area contributed by atoms with E-state index in [1.807, 2.05) is 67.6 Å². The third kappa shape index (κ3) is 3.10. The van der Waals surface area contributed by atoms with Crippen LogP contribution in [0.15, 0.2) is 76.4 Å². The molecule has 30 heavy (non-hydrogen) atoms. The number of fused-ring (bicyclic) bond motifs is 3. The Morgan fingerprint density at radius 3 is 2.57 bits per heavy atom. The Morgan fingerprint density at radius 1 is 0.967 bits per heavy atom. The Bertz CT molecular complexity index is 1480. The highest BCUT2D eigenvalue weighted by Crippen LogP contribution is 2.18. The molecular formula is C23H19N5O2. The normalized spacial score (nSPS) is 11.4. The van der Waals surface area contributed by atoms with Gasteiger partial charge in [0.25, 0.3) is 0 Å². The molecule has 0 spiro atoms. The Hall–Kier alpha value is -4.00. The number of H-pyrrole nitrogens is 1. The average Bonchev–Trinajstić information content (AvgIpc) is 3.12. The molecule has 5 aromatic rings. The predicted molar refractivity (Wildman–Crippen MR) is 115 cm³/mol. The molecule has 0 bridgehead atoms. The van der Waals surface area contributed by atoms with Gasteiger partial charge in [0.2, 0.25) is 0 Å². The molecule has 0 atom stereocenters. The average molecular weight is 397 g/mol. The molecule has 0 fully saturated rings. The minimum absolute atomic E-state index is 0.346. The SMILES string of the molecule is Cc1ccc(-n2nc3c4cc(CCc5ccccn5)ccc4[nH]c(=O)n3c2=O)cc1. The van der Waals surface area contributed by atoms with E-state index in [-0.39, 0.29) is 0 Å². The van der Waals surface area contributed by atoms with E-state index in [1.54, 1.807) is 6.20 Å². The molecular weight excluding hydrogens is 378 g/mol. The zero-order valence-electron chi connectivity index (χ0n) is 16.4. The Labute approximate surface area is 171 Å². The fraction of sp³-hybridized carbons (Fsp3) is 0.130. The lowest BCUT2D eigenvalue weighted by Gasteiger charge is -2.04. The van der Waals surface area contributed by atoms with Crippen LogP contribution in [-0.2, 0) is 12.8 Å². The molecule has 3 aromatic heterocycles. The summed E-state index contributed by atoms with van der Waals surface area (Å²) in [7, 11) is 0.